The summed E-state index contributed by atoms with van der Waals surface area (Å²) in [5, 5.41) is 1.11. The van der Waals surface area contributed by atoms with Crippen molar-refractivity contribution in [2.45, 2.75) is 57.2 Å². The van der Waals surface area contributed by atoms with Crippen LogP contribution in [-0.4, -0.2) is 31.3 Å². The average Bonchev–Trinajstić information content (AvgIpc) is 2.29. The first-order valence-electron chi connectivity index (χ1n) is 6.07. The SMILES string of the molecule is COC1CCCC(OCCCCCBr)C1. The number of ether oxygens (including phenoxy) is 2. The zero-order valence-corrected chi connectivity index (χ0v) is 11.3. The predicted molar refractivity (Wildman–Crippen MR) is 66.7 cm³/mol. The van der Waals surface area contributed by atoms with E-state index in [-0.39, 0.29) is 0 Å². The van der Waals surface area contributed by atoms with Crippen molar-refractivity contribution in [3.63, 3.8) is 0 Å². The molecule has 0 amide bonds. The van der Waals surface area contributed by atoms with E-state index in [2.05, 4.69) is 15.9 Å². The van der Waals surface area contributed by atoms with Crippen LogP contribution in [0.15, 0.2) is 0 Å². The van der Waals surface area contributed by atoms with Crippen molar-refractivity contribution in [3.05, 3.63) is 0 Å². The van der Waals surface area contributed by atoms with Crippen LogP contribution in [0.3, 0.4) is 0 Å². The summed E-state index contributed by atoms with van der Waals surface area (Å²) in [6, 6.07) is 0. The smallest absolute Gasteiger partial charge is 0.0599 e. The molecule has 0 bridgehead atoms. The Balaban J connectivity index is 2.00. The lowest BCUT2D eigenvalue weighted by atomic mass is 9.95. The first-order chi connectivity index (χ1) is 7.36. The Labute approximate surface area is 102 Å². The van der Waals surface area contributed by atoms with Gasteiger partial charge in [-0.15, -0.1) is 0 Å². The second-order valence-electron chi connectivity index (χ2n) is 4.27. The van der Waals surface area contributed by atoms with Gasteiger partial charge in [0.25, 0.3) is 0 Å². The molecular formula is C12H23BrO2. The van der Waals surface area contributed by atoms with Gasteiger partial charge in [0.1, 0.15) is 0 Å². The maximum absolute atomic E-state index is 5.87. The van der Waals surface area contributed by atoms with Crippen molar-refractivity contribution in [1.29, 1.82) is 0 Å². The fraction of sp³-hybridized carbons (Fsp3) is 1.00. The minimum atomic E-state index is 0.436. The number of hydrogen-bond acceptors (Lipinski definition) is 2. The molecule has 0 spiro atoms. The summed E-state index contributed by atoms with van der Waals surface area (Å²) in [4.78, 5) is 0. The lowest BCUT2D eigenvalue weighted by Gasteiger charge is -2.28. The lowest BCUT2D eigenvalue weighted by molar-refractivity contribution is -0.0302. The van der Waals surface area contributed by atoms with Gasteiger partial charge >= 0.3 is 0 Å². The first kappa shape index (κ1) is 13.5. The molecule has 0 aromatic carbocycles. The fourth-order valence-corrected chi connectivity index (χ4v) is 2.49. The third-order valence-electron chi connectivity index (χ3n) is 3.04. The summed E-state index contributed by atoms with van der Waals surface area (Å²) in [5.41, 5.74) is 0. The van der Waals surface area contributed by atoms with Crippen LogP contribution < -0.4 is 0 Å². The van der Waals surface area contributed by atoms with Crippen molar-refractivity contribution >= 4 is 15.9 Å². The van der Waals surface area contributed by atoms with Crippen LogP contribution >= 0.6 is 15.9 Å². The minimum absolute atomic E-state index is 0.436. The van der Waals surface area contributed by atoms with Crippen molar-refractivity contribution in [2.24, 2.45) is 0 Å². The molecule has 0 aromatic rings. The molecule has 2 unspecified atom stereocenters. The second kappa shape index (κ2) is 8.54. The van der Waals surface area contributed by atoms with E-state index in [4.69, 9.17) is 9.47 Å². The Morgan fingerprint density at radius 3 is 2.67 bits per heavy atom. The highest BCUT2D eigenvalue weighted by Gasteiger charge is 2.21. The van der Waals surface area contributed by atoms with Crippen LogP contribution in [0.25, 0.3) is 0 Å². The molecule has 1 rings (SSSR count). The van der Waals surface area contributed by atoms with E-state index in [0.29, 0.717) is 12.2 Å². The maximum Gasteiger partial charge on any atom is 0.0599 e. The summed E-state index contributed by atoms with van der Waals surface area (Å²) >= 11 is 3.44. The third kappa shape index (κ3) is 5.88. The Kier molecular flexibility index (Phi) is 7.67. The molecule has 1 fully saturated rings. The lowest BCUT2D eigenvalue weighted by Crippen LogP contribution is -2.27. The number of methoxy groups -OCH3 is 1. The van der Waals surface area contributed by atoms with E-state index in [1.807, 2.05) is 7.11 Å². The van der Waals surface area contributed by atoms with Crippen LogP contribution in [0.1, 0.15) is 44.9 Å². The van der Waals surface area contributed by atoms with E-state index in [1.165, 1.54) is 38.5 Å². The third-order valence-corrected chi connectivity index (χ3v) is 3.60. The molecule has 0 aromatic heterocycles. The zero-order chi connectivity index (χ0) is 10.9. The number of alkyl halides is 1. The highest BCUT2D eigenvalue weighted by Crippen LogP contribution is 2.23. The van der Waals surface area contributed by atoms with Gasteiger partial charge in [-0.05, 0) is 38.5 Å². The van der Waals surface area contributed by atoms with Crippen molar-refractivity contribution in [2.75, 3.05) is 19.0 Å². The normalized spacial score (nSPS) is 26.8. The Morgan fingerprint density at radius 2 is 1.93 bits per heavy atom. The molecule has 2 atom stereocenters. The monoisotopic (exact) mass is 278 g/mol. The summed E-state index contributed by atoms with van der Waals surface area (Å²) in [6.45, 7) is 0.925. The van der Waals surface area contributed by atoms with Gasteiger partial charge in [0.15, 0.2) is 0 Å². The molecule has 90 valence electrons. The second-order valence-corrected chi connectivity index (χ2v) is 5.06. The number of hydrogen-bond donors (Lipinski definition) is 0. The first-order valence-corrected chi connectivity index (χ1v) is 7.19. The molecule has 0 radical (unpaired) electrons. The topological polar surface area (TPSA) is 18.5 Å². The Hall–Kier alpha value is 0.400. The number of halogens is 1. The minimum Gasteiger partial charge on any atom is -0.381 e. The zero-order valence-electron chi connectivity index (χ0n) is 9.71. The summed E-state index contributed by atoms with van der Waals surface area (Å²) in [7, 11) is 1.81. The van der Waals surface area contributed by atoms with Crippen molar-refractivity contribution < 1.29 is 9.47 Å². The van der Waals surface area contributed by atoms with E-state index >= 15 is 0 Å². The number of unbranched alkanes of at least 4 members (excludes halogenated alkanes) is 2. The molecule has 0 heterocycles. The summed E-state index contributed by atoms with van der Waals surface area (Å²) in [5.74, 6) is 0. The van der Waals surface area contributed by atoms with E-state index in [0.717, 1.165) is 18.4 Å². The standard InChI is InChI=1S/C12H23BrO2/c1-14-11-6-5-7-12(10-11)15-9-4-2-3-8-13/h11-12H,2-10H2,1H3. The molecule has 0 N–H and O–H groups in total. The molecule has 0 saturated heterocycles. The van der Waals surface area contributed by atoms with Crippen LogP contribution in [0, 0.1) is 0 Å². The molecular weight excluding hydrogens is 256 g/mol. The largest absolute Gasteiger partial charge is 0.381 e. The molecule has 2 nitrogen and oxygen atoms in total. The van der Waals surface area contributed by atoms with Gasteiger partial charge in [-0.25, -0.2) is 0 Å². The Morgan fingerprint density at radius 1 is 1.13 bits per heavy atom. The number of rotatable bonds is 7. The van der Waals surface area contributed by atoms with E-state index < -0.39 is 0 Å². The highest BCUT2D eigenvalue weighted by molar-refractivity contribution is 9.09. The average molecular weight is 279 g/mol. The van der Waals surface area contributed by atoms with Gasteiger partial charge in [-0.3, -0.25) is 0 Å². The summed E-state index contributed by atoms with van der Waals surface area (Å²) < 4.78 is 11.2. The van der Waals surface area contributed by atoms with Crippen molar-refractivity contribution in [3.8, 4) is 0 Å². The Bertz CT molecular complexity index is 153. The van der Waals surface area contributed by atoms with Crippen LogP contribution in [0.5, 0.6) is 0 Å². The van der Waals surface area contributed by atoms with Crippen LogP contribution in [-0.2, 0) is 9.47 Å². The molecule has 1 aliphatic carbocycles. The van der Waals surface area contributed by atoms with Gasteiger partial charge in [0.05, 0.1) is 12.2 Å². The van der Waals surface area contributed by atoms with Crippen molar-refractivity contribution in [1.82, 2.24) is 0 Å². The maximum atomic E-state index is 5.87. The molecule has 0 aliphatic heterocycles. The molecule has 3 heteroatoms. The van der Waals surface area contributed by atoms with Crippen LogP contribution in [0.4, 0.5) is 0 Å². The summed E-state index contributed by atoms with van der Waals surface area (Å²) in [6.07, 6.45) is 9.39. The quantitative estimate of drug-likeness (QED) is 0.524. The van der Waals surface area contributed by atoms with Gasteiger partial charge in [0, 0.05) is 19.0 Å². The van der Waals surface area contributed by atoms with Gasteiger partial charge in [-0.1, -0.05) is 22.4 Å². The van der Waals surface area contributed by atoms with Gasteiger partial charge < -0.3 is 9.47 Å². The van der Waals surface area contributed by atoms with Gasteiger partial charge in [0.2, 0.25) is 0 Å². The predicted octanol–water partition coefficient (Wildman–Crippen LogP) is 3.53. The molecule has 1 aliphatic rings. The molecule has 1 saturated carbocycles. The van der Waals surface area contributed by atoms with Gasteiger partial charge in [-0.2, -0.15) is 0 Å². The molecule has 15 heavy (non-hydrogen) atoms. The fourth-order valence-electron chi connectivity index (χ4n) is 2.09. The van der Waals surface area contributed by atoms with E-state index in [1.54, 1.807) is 0 Å². The highest BCUT2D eigenvalue weighted by atomic mass is 79.9. The van der Waals surface area contributed by atoms with E-state index in [9.17, 15) is 0 Å². The van der Waals surface area contributed by atoms with Crippen LogP contribution in [0.2, 0.25) is 0 Å².